The molecular formula is C21H32F3N5O2. The number of aromatic nitrogens is 1. The number of amidine groups is 1. The van der Waals surface area contributed by atoms with Crippen LogP contribution in [0.25, 0.3) is 0 Å². The fraction of sp³-hybridized carbons (Fsp3) is 0.667. The zero-order valence-corrected chi connectivity index (χ0v) is 18.0. The Morgan fingerprint density at radius 3 is 2.58 bits per heavy atom. The molecule has 1 aliphatic rings. The first-order valence-electron chi connectivity index (χ1n) is 10.7. The maximum absolute atomic E-state index is 13.1. The molecule has 0 aromatic carbocycles. The van der Waals surface area contributed by atoms with Crippen molar-refractivity contribution in [3.8, 4) is 0 Å². The van der Waals surface area contributed by atoms with Gasteiger partial charge in [0.2, 0.25) is 0 Å². The number of alkyl halides is 3. The molecule has 1 saturated carbocycles. The zero-order valence-electron chi connectivity index (χ0n) is 18.0. The highest BCUT2D eigenvalue weighted by atomic mass is 19.4. The van der Waals surface area contributed by atoms with Crippen molar-refractivity contribution in [3.05, 3.63) is 23.4 Å². The van der Waals surface area contributed by atoms with Crippen molar-refractivity contribution < 1.29 is 23.1 Å². The van der Waals surface area contributed by atoms with Crippen molar-refractivity contribution >= 4 is 17.6 Å². The third kappa shape index (κ3) is 7.46. The van der Waals surface area contributed by atoms with Gasteiger partial charge in [0.05, 0.1) is 11.1 Å². The molecule has 2 rings (SSSR count). The zero-order chi connectivity index (χ0) is 23.0. The number of nitrogens with one attached hydrogen (secondary N) is 2. The highest BCUT2D eigenvalue weighted by molar-refractivity contribution is 6.05. The van der Waals surface area contributed by atoms with Gasteiger partial charge in [-0.1, -0.05) is 26.2 Å². The molecular weight excluding hydrogens is 411 g/mol. The van der Waals surface area contributed by atoms with E-state index >= 15 is 0 Å². The number of hydrogen-bond donors (Lipinski definition) is 4. The van der Waals surface area contributed by atoms with E-state index in [1.165, 1.54) is 26.2 Å². The monoisotopic (exact) mass is 443 g/mol. The molecule has 1 aromatic heterocycles. The van der Waals surface area contributed by atoms with Crippen LogP contribution in [-0.4, -0.2) is 47.1 Å². The summed E-state index contributed by atoms with van der Waals surface area (Å²) in [7, 11) is 0. The summed E-state index contributed by atoms with van der Waals surface area (Å²) in [5.74, 6) is -1.20. The summed E-state index contributed by atoms with van der Waals surface area (Å²) in [6.07, 6.45) is 2.59. The standard InChI is InChI=1S/C21H32F3N5O2/c1-3-18(29-16-7-5-4-6-8-16)14(12-30)10-26-19-17(20(31)28-13(2)25)9-15(11-27-19)21(22,23)24/h9,11,14,16,18,29-30H,3-8,10,12H2,1-2H3,(H,26,27)(H2,25,28,31). The van der Waals surface area contributed by atoms with Gasteiger partial charge in [-0.15, -0.1) is 0 Å². The third-order valence-corrected chi connectivity index (χ3v) is 5.55. The molecule has 0 aliphatic heterocycles. The van der Waals surface area contributed by atoms with E-state index in [0.29, 0.717) is 12.2 Å². The molecule has 10 heteroatoms. The molecule has 174 valence electrons. The van der Waals surface area contributed by atoms with Gasteiger partial charge in [0.1, 0.15) is 11.7 Å². The van der Waals surface area contributed by atoms with E-state index in [0.717, 1.165) is 25.3 Å². The number of aliphatic imine (C=N–C) groups is 1. The number of aliphatic hydroxyl groups excluding tert-OH is 1. The fourth-order valence-corrected chi connectivity index (χ4v) is 3.87. The minimum Gasteiger partial charge on any atom is -0.396 e. The van der Waals surface area contributed by atoms with Gasteiger partial charge in [-0.2, -0.15) is 18.2 Å². The quantitative estimate of drug-likeness (QED) is 0.344. The Morgan fingerprint density at radius 1 is 1.35 bits per heavy atom. The van der Waals surface area contributed by atoms with Crippen molar-refractivity contribution in [2.75, 3.05) is 18.5 Å². The summed E-state index contributed by atoms with van der Waals surface area (Å²) in [6, 6.07) is 1.14. The predicted octanol–water partition coefficient (Wildman–Crippen LogP) is 3.34. The summed E-state index contributed by atoms with van der Waals surface area (Å²) in [4.78, 5) is 19.7. The van der Waals surface area contributed by atoms with Crippen LogP contribution in [0.2, 0.25) is 0 Å². The summed E-state index contributed by atoms with van der Waals surface area (Å²) >= 11 is 0. The van der Waals surface area contributed by atoms with Crippen LogP contribution in [0.3, 0.4) is 0 Å². The fourth-order valence-electron chi connectivity index (χ4n) is 3.87. The number of nitrogens with zero attached hydrogens (tertiary/aromatic N) is 2. The molecule has 1 heterocycles. The number of aliphatic hydroxyl groups is 1. The van der Waals surface area contributed by atoms with Gasteiger partial charge in [0.25, 0.3) is 5.91 Å². The Balaban J connectivity index is 2.18. The molecule has 2 unspecified atom stereocenters. The average molecular weight is 444 g/mol. The molecule has 1 aliphatic carbocycles. The lowest BCUT2D eigenvalue weighted by molar-refractivity contribution is -0.137. The number of hydrogen-bond acceptors (Lipinski definition) is 5. The predicted molar refractivity (Wildman–Crippen MR) is 114 cm³/mol. The van der Waals surface area contributed by atoms with Gasteiger partial charge in [0.15, 0.2) is 0 Å². The van der Waals surface area contributed by atoms with E-state index in [1.807, 2.05) is 6.92 Å². The molecule has 0 bridgehead atoms. The second-order valence-electron chi connectivity index (χ2n) is 8.02. The van der Waals surface area contributed by atoms with Crippen LogP contribution < -0.4 is 16.4 Å². The molecule has 1 amide bonds. The van der Waals surface area contributed by atoms with E-state index in [4.69, 9.17) is 5.73 Å². The maximum Gasteiger partial charge on any atom is 0.417 e. The first kappa shape index (κ1) is 25.1. The first-order valence-corrected chi connectivity index (χ1v) is 10.7. The van der Waals surface area contributed by atoms with E-state index in [-0.39, 0.29) is 42.3 Å². The molecule has 1 aromatic rings. The summed E-state index contributed by atoms with van der Waals surface area (Å²) in [5, 5.41) is 16.5. The van der Waals surface area contributed by atoms with Crippen LogP contribution in [-0.2, 0) is 6.18 Å². The van der Waals surface area contributed by atoms with E-state index in [1.54, 1.807) is 0 Å². The Kier molecular flexibility index (Phi) is 9.24. The largest absolute Gasteiger partial charge is 0.417 e. The van der Waals surface area contributed by atoms with Crippen LogP contribution in [0.5, 0.6) is 0 Å². The summed E-state index contributed by atoms with van der Waals surface area (Å²) in [5.41, 5.74) is 4.06. The highest BCUT2D eigenvalue weighted by Gasteiger charge is 2.33. The molecule has 2 atom stereocenters. The Morgan fingerprint density at radius 2 is 2.03 bits per heavy atom. The second kappa shape index (κ2) is 11.4. The lowest BCUT2D eigenvalue weighted by Gasteiger charge is -2.32. The number of carbonyl (C=O) groups is 1. The van der Waals surface area contributed by atoms with E-state index in [2.05, 4.69) is 20.6 Å². The van der Waals surface area contributed by atoms with E-state index in [9.17, 15) is 23.1 Å². The molecule has 31 heavy (non-hydrogen) atoms. The number of nitrogens with two attached hydrogens (primary N) is 1. The lowest BCUT2D eigenvalue weighted by atomic mass is 9.91. The first-order chi connectivity index (χ1) is 14.7. The molecule has 1 fully saturated rings. The molecule has 5 N–H and O–H groups in total. The van der Waals surface area contributed by atoms with Crippen molar-refractivity contribution in [3.63, 3.8) is 0 Å². The van der Waals surface area contributed by atoms with Gasteiger partial charge in [-0.25, -0.2) is 4.98 Å². The molecule has 0 saturated heterocycles. The van der Waals surface area contributed by atoms with Crippen LogP contribution in [0.1, 0.15) is 68.3 Å². The van der Waals surface area contributed by atoms with Crippen LogP contribution in [0, 0.1) is 5.92 Å². The lowest BCUT2D eigenvalue weighted by Crippen LogP contribution is -2.46. The van der Waals surface area contributed by atoms with Crippen molar-refractivity contribution in [1.29, 1.82) is 0 Å². The number of rotatable bonds is 9. The minimum absolute atomic E-state index is 0.0195. The number of anilines is 1. The van der Waals surface area contributed by atoms with Gasteiger partial charge >= 0.3 is 6.18 Å². The van der Waals surface area contributed by atoms with Gasteiger partial charge < -0.3 is 21.5 Å². The van der Waals surface area contributed by atoms with Gasteiger partial charge in [0, 0.05) is 37.4 Å². The number of pyridine rings is 1. The van der Waals surface area contributed by atoms with Gasteiger partial charge in [-0.05, 0) is 32.3 Å². The maximum atomic E-state index is 13.1. The van der Waals surface area contributed by atoms with Crippen molar-refractivity contribution in [1.82, 2.24) is 10.3 Å². The number of carbonyl (C=O) groups excluding carboxylic acids is 1. The average Bonchev–Trinajstić information content (AvgIpc) is 2.72. The Hall–Kier alpha value is -2.20. The summed E-state index contributed by atoms with van der Waals surface area (Å²) in [6.45, 7) is 3.51. The van der Waals surface area contributed by atoms with Crippen molar-refractivity contribution in [2.45, 2.75) is 70.6 Å². The Labute approximate surface area is 180 Å². The smallest absolute Gasteiger partial charge is 0.396 e. The van der Waals surface area contributed by atoms with Crippen LogP contribution >= 0.6 is 0 Å². The molecule has 7 nitrogen and oxygen atoms in total. The number of halogens is 3. The summed E-state index contributed by atoms with van der Waals surface area (Å²) < 4.78 is 39.3. The van der Waals surface area contributed by atoms with Gasteiger partial charge in [-0.3, -0.25) is 4.79 Å². The van der Waals surface area contributed by atoms with Crippen molar-refractivity contribution in [2.24, 2.45) is 16.6 Å². The minimum atomic E-state index is -4.65. The van der Waals surface area contributed by atoms with Crippen LogP contribution in [0.15, 0.2) is 17.3 Å². The normalized spacial score (nSPS) is 17.9. The molecule has 0 spiro atoms. The SMILES string of the molecule is CCC(NC1CCCCC1)C(CO)CNc1ncc(C(F)(F)F)cc1C(=O)N=C(C)N. The number of amides is 1. The third-order valence-electron chi connectivity index (χ3n) is 5.55. The molecule has 0 radical (unpaired) electrons. The highest BCUT2D eigenvalue weighted by Crippen LogP contribution is 2.31. The topological polar surface area (TPSA) is 113 Å². The van der Waals surface area contributed by atoms with Crippen LogP contribution in [0.4, 0.5) is 19.0 Å². The van der Waals surface area contributed by atoms with E-state index < -0.39 is 17.6 Å². The second-order valence-corrected chi connectivity index (χ2v) is 8.02. The Bertz CT molecular complexity index is 760.